The minimum Gasteiger partial charge on any atom is -0.507 e. The van der Waals surface area contributed by atoms with Crippen LogP contribution in [0.5, 0.6) is 5.75 Å². The highest BCUT2D eigenvalue weighted by atomic mass is 16.3. The lowest BCUT2D eigenvalue weighted by molar-refractivity contribution is 0.0999. The lowest BCUT2D eigenvalue weighted by Gasteiger charge is -2.02. The maximum absolute atomic E-state index is 11.7. The van der Waals surface area contributed by atoms with Gasteiger partial charge in [0.1, 0.15) is 5.75 Å². The minimum absolute atomic E-state index is 0.120. The molecule has 0 spiro atoms. The maximum atomic E-state index is 11.7. The number of carbonyl (C=O) groups is 2. The number of rotatable bonds is 2. The third-order valence-electron chi connectivity index (χ3n) is 3.38. The van der Waals surface area contributed by atoms with Crippen molar-refractivity contribution in [3.63, 3.8) is 0 Å². The average molecular weight is 268 g/mol. The van der Waals surface area contributed by atoms with Gasteiger partial charge in [-0.1, -0.05) is 6.07 Å². The lowest BCUT2D eigenvalue weighted by atomic mass is 10.1. The van der Waals surface area contributed by atoms with Crippen LogP contribution in [0.3, 0.4) is 0 Å². The predicted octanol–water partition coefficient (Wildman–Crippen LogP) is 2.10. The number of Topliss-reactive ketones (excluding diaryl/α,β-unsaturated/α-hetero) is 1. The number of nitrogens with two attached hydrogens (primary N) is 1. The van der Waals surface area contributed by atoms with E-state index in [0.717, 1.165) is 0 Å². The topological polar surface area (TPSA) is 84.8 Å². The molecule has 0 radical (unpaired) electrons. The number of phenols is 1. The van der Waals surface area contributed by atoms with Gasteiger partial charge in [-0.3, -0.25) is 9.59 Å². The second kappa shape index (κ2) is 4.09. The van der Waals surface area contributed by atoms with Gasteiger partial charge in [0.15, 0.2) is 5.78 Å². The number of primary amides is 1. The maximum Gasteiger partial charge on any atom is 0.251 e. The first-order chi connectivity index (χ1) is 9.50. The summed E-state index contributed by atoms with van der Waals surface area (Å²) in [5, 5.41) is 10.5. The number of amides is 1. The Hall–Kier alpha value is -2.82. The molecule has 5 nitrogen and oxygen atoms in total. The Morgan fingerprint density at radius 1 is 1.20 bits per heavy atom. The second-order valence-electron chi connectivity index (χ2n) is 4.64. The zero-order chi connectivity index (χ0) is 14.4. The molecule has 5 heteroatoms. The van der Waals surface area contributed by atoms with Crippen LogP contribution in [0.15, 0.2) is 36.5 Å². The molecule has 0 saturated heterocycles. The molecule has 2 heterocycles. The number of pyridine rings is 1. The molecule has 3 rings (SSSR count). The number of hydrogen-bond acceptors (Lipinski definition) is 3. The number of benzene rings is 1. The summed E-state index contributed by atoms with van der Waals surface area (Å²) in [6.45, 7) is 1.42. The van der Waals surface area contributed by atoms with Crippen LogP contribution >= 0.6 is 0 Å². The molecule has 1 amide bonds. The molecule has 2 aromatic heterocycles. The number of nitrogens with zero attached hydrogens (tertiary/aromatic N) is 1. The van der Waals surface area contributed by atoms with E-state index in [2.05, 4.69) is 0 Å². The van der Waals surface area contributed by atoms with E-state index in [0.29, 0.717) is 22.0 Å². The van der Waals surface area contributed by atoms with E-state index in [1.54, 1.807) is 34.9 Å². The summed E-state index contributed by atoms with van der Waals surface area (Å²) in [7, 11) is 0. The molecule has 0 atom stereocenters. The lowest BCUT2D eigenvalue weighted by Crippen LogP contribution is -2.10. The van der Waals surface area contributed by atoms with E-state index in [9.17, 15) is 14.7 Å². The Kier molecular flexibility index (Phi) is 2.50. The average Bonchev–Trinajstić information content (AvgIpc) is 2.74. The van der Waals surface area contributed by atoms with Crippen molar-refractivity contribution >= 4 is 28.1 Å². The standard InChI is InChI=1S/C15H12N2O3/c1-8(18)9-6-11-13(12(19)7-9)14(15(16)20)10-4-2-3-5-17(10)11/h2-7,19H,1H3,(H2,16,20). The Morgan fingerprint density at radius 2 is 1.95 bits per heavy atom. The third kappa shape index (κ3) is 1.56. The van der Waals surface area contributed by atoms with Gasteiger partial charge in [0.05, 0.1) is 22.0 Å². The monoisotopic (exact) mass is 268 g/mol. The number of ketones is 1. The van der Waals surface area contributed by atoms with Gasteiger partial charge in [0.2, 0.25) is 0 Å². The molecule has 20 heavy (non-hydrogen) atoms. The van der Waals surface area contributed by atoms with Crippen LogP contribution in [0.2, 0.25) is 0 Å². The van der Waals surface area contributed by atoms with Crippen LogP contribution in [0.1, 0.15) is 27.6 Å². The summed E-state index contributed by atoms with van der Waals surface area (Å²) < 4.78 is 1.74. The molecule has 0 unspecified atom stereocenters. The fraction of sp³-hybridized carbons (Fsp3) is 0.0667. The highest BCUT2D eigenvalue weighted by Crippen LogP contribution is 2.34. The first-order valence-electron chi connectivity index (χ1n) is 6.07. The summed E-state index contributed by atoms with van der Waals surface area (Å²) in [6.07, 6.45) is 1.76. The van der Waals surface area contributed by atoms with Gasteiger partial charge >= 0.3 is 0 Å². The van der Waals surface area contributed by atoms with Crippen LogP contribution in [-0.2, 0) is 0 Å². The highest BCUT2D eigenvalue weighted by Gasteiger charge is 2.20. The summed E-state index contributed by atoms with van der Waals surface area (Å²) in [5.41, 5.74) is 7.25. The van der Waals surface area contributed by atoms with Crippen molar-refractivity contribution in [2.75, 3.05) is 0 Å². The molecular formula is C15H12N2O3. The molecule has 0 fully saturated rings. The fourth-order valence-corrected chi connectivity index (χ4v) is 2.50. The van der Waals surface area contributed by atoms with Crippen molar-refractivity contribution in [1.29, 1.82) is 0 Å². The van der Waals surface area contributed by atoms with Crippen molar-refractivity contribution in [2.24, 2.45) is 5.73 Å². The van der Waals surface area contributed by atoms with E-state index in [-0.39, 0.29) is 17.1 Å². The molecule has 1 aromatic carbocycles. The summed E-state index contributed by atoms with van der Waals surface area (Å²) >= 11 is 0. The van der Waals surface area contributed by atoms with E-state index in [1.165, 1.54) is 13.0 Å². The van der Waals surface area contributed by atoms with Crippen molar-refractivity contribution in [3.8, 4) is 5.75 Å². The van der Waals surface area contributed by atoms with E-state index >= 15 is 0 Å². The van der Waals surface area contributed by atoms with Gasteiger partial charge in [0, 0.05) is 11.8 Å². The van der Waals surface area contributed by atoms with Crippen LogP contribution in [0.25, 0.3) is 16.4 Å². The van der Waals surface area contributed by atoms with Gasteiger partial charge < -0.3 is 15.2 Å². The van der Waals surface area contributed by atoms with Crippen LogP contribution < -0.4 is 5.73 Å². The Bertz CT molecular complexity index is 878. The number of hydrogen-bond donors (Lipinski definition) is 2. The molecule has 0 aliphatic carbocycles. The number of aromatic nitrogens is 1. The van der Waals surface area contributed by atoms with Gasteiger partial charge in [-0.05, 0) is 31.2 Å². The van der Waals surface area contributed by atoms with Gasteiger partial charge in [0.25, 0.3) is 5.91 Å². The molecule has 0 bridgehead atoms. The largest absolute Gasteiger partial charge is 0.507 e. The van der Waals surface area contributed by atoms with E-state index in [1.807, 2.05) is 0 Å². The quantitative estimate of drug-likeness (QED) is 0.698. The van der Waals surface area contributed by atoms with E-state index in [4.69, 9.17) is 5.73 Å². The van der Waals surface area contributed by atoms with Gasteiger partial charge in [-0.25, -0.2) is 0 Å². The van der Waals surface area contributed by atoms with Crippen molar-refractivity contribution < 1.29 is 14.7 Å². The number of phenolic OH excluding ortho intramolecular Hbond substituents is 1. The highest BCUT2D eigenvalue weighted by molar-refractivity contribution is 6.16. The Balaban J connectivity index is 2.59. The summed E-state index contributed by atoms with van der Waals surface area (Å²) in [6, 6.07) is 8.33. The van der Waals surface area contributed by atoms with Crippen molar-refractivity contribution in [1.82, 2.24) is 4.40 Å². The molecule has 0 aliphatic heterocycles. The normalized spacial score (nSPS) is 11.1. The first-order valence-corrected chi connectivity index (χ1v) is 6.07. The molecule has 3 N–H and O–H groups in total. The van der Waals surface area contributed by atoms with Gasteiger partial charge in [-0.2, -0.15) is 0 Å². The number of carbonyl (C=O) groups excluding carboxylic acids is 2. The molecule has 100 valence electrons. The second-order valence-corrected chi connectivity index (χ2v) is 4.64. The number of aromatic hydroxyl groups is 1. The molecule has 0 aliphatic rings. The summed E-state index contributed by atoms with van der Waals surface area (Å²) in [4.78, 5) is 23.2. The SMILES string of the molecule is CC(=O)c1cc(O)c2c(C(N)=O)c3ccccn3c2c1. The smallest absolute Gasteiger partial charge is 0.251 e. The fourth-order valence-electron chi connectivity index (χ4n) is 2.50. The van der Waals surface area contributed by atoms with Crippen molar-refractivity contribution in [2.45, 2.75) is 6.92 Å². The molecule has 0 saturated carbocycles. The molecular weight excluding hydrogens is 256 g/mol. The Morgan fingerprint density at radius 3 is 2.60 bits per heavy atom. The zero-order valence-electron chi connectivity index (χ0n) is 10.8. The number of fused-ring (bicyclic) bond motifs is 3. The first kappa shape index (κ1) is 12.2. The minimum atomic E-state index is -0.616. The molecule has 3 aromatic rings. The van der Waals surface area contributed by atoms with Crippen LogP contribution in [0, 0.1) is 0 Å². The summed E-state index contributed by atoms with van der Waals surface area (Å²) in [5.74, 6) is -0.895. The van der Waals surface area contributed by atoms with Gasteiger partial charge in [-0.15, -0.1) is 0 Å². The Labute approximate surface area is 114 Å². The van der Waals surface area contributed by atoms with E-state index < -0.39 is 5.91 Å². The van der Waals surface area contributed by atoms with Crippen LogP contribution in [0.4, 0.5) is 0 Å². The van der Waals surface area contributed by atoms with Crippen LogP contribution in [-0.4, -0.2) is 21.2 Å². The van der Waals surface area contributed by atoms with Crippen molar-refractivity contribution in [3.05, 3.63) is 47.7 Å². The zero-order valence-corrected chi connectivity index (χ0v) is 10.8. The third-order valence-corrected chi connectivity index (χ3v) is 3.38. The predicted molar refractivity (Wildman–Crippen MR) is 75.1 cm³/mol.